The van der Waals surface area contributed by atoms with Gasteiger partial charge >= 0.3 is 0 Å². The second kappa shape index (κ2) is 6.17. The van der Waals surface area contributed by atoms with E-state index >= 15 is 0 Å². The summed E-state index contributed by atoms with van der Waals surface area (Å²) in [5.41, 5.74) is 3.39. The lowest BCUT2D eigenvalue weighted by Gasteiger charge is -2.20. The van der Waals surface area contributed by atoms with Crippen LogP contribution in [0.15, 0.2) is 47.4 Å². The van der Waals surface area contributed by atoms with Gasteiger partial charge in [0.15, 0.2) is 0 Å². The first-order valence-electron chi connectivity index (χ1n) is 6.62. The van der Waals surface area contributed by atoms with Gasteiger partial charge in [-0.25, -0.2) is 4.98 Å². The van der Waals surface area contributed by atoms with Crippen molar-refractivity contribution in [2.75, 3.05) is 13.2 Å². The highest BCUT2D eigenvalue weighted by Gasteiger charge is 2.10. The van der Waals surface area contributed by atoms with Gasteiger partial charge in [0.05, 0.1) is 18.5 Å². The summed E-state index contributed by atoms with van der Waals surface area (Å²) in [6.45, 7) is 2.46. The molecule has 0 fully saturated rings. The van der Waals surface area contributed by atoms with Gasteiger partial charge in [0.2, 0.25) is 0 Å². The van der Waals surface area contributed by atoms with Crippen LogP contribution in [0, 0.1) is 0 Å². The molecule has 3 heterocycles. The van der Waals surface area contributed by atoms with Crippen LogP contribution in [-0.2, 0) is 13.1 Å². The molecule has 3 rings (SSSR count). The first kappa shape index (κ1) is 13.3. The summed E-state index contributed by atoms with van der Waals surface area (Å²) < 4.78 is 2.10. The van der Waals surface area contributed by atoms with E-state index in [4.69, 9.17) is 0 Å². The minimum atomic E-state index is 0.168. The summed E-state index contributed by atoms with van der Waals surface area (Å²) in [6.07, 6.45) is 3.94. The van der Waals surface area contributed by atoms with Crippen molar-refractivity contribution in [3.8, 4) is 0 Å². The zero-order valence-corrected chi connectivity index (χ0v) is 12.0. The molecule has 0 aromatic carbocycles. The predicted molar refractivity (Wildman–Crippen MR) is 80.7 cm³/mol. The first-order valence-corrected chi connectivity index (χ1v) is 7.56. The molecule has 0 spiro atoms. The fourth-order valence-corrected chi connectivity index (χ4v) is 2.99. The number of hydrogen-bond acceptors (Lipinski definition) is 4. The van der Waals surface area contributed by atoms with Gasteiger partial charge in [-0.1, -0.05) is 6.07 Å². The second-order valence-corrected chi connectivity index (χ2v) is 5.52. The second-order valence-electron chi connectivity index (χ2n) is 4.74. The molecule has 0 aliphatic carbocycles. The predicted octanol–water partition coefficient (Wildman–Crippen LogP) is 2.39. The highest BCUT2D eigenvalue weighted by Crippen LogP contribution is 2.13. The number of imidazole rings is 1. The Labute approximate surface area is 121 Å². The number of aromatic nitrogens is 2. The lowest BCUT2D eigenvalue weighted by Crippen LogP contribution is -2.26. The quantitative estimate of drug-likeness (QED) is 0.757. The molecule has 3 aromatic heterocycles. The Bertz CT molecular complexity index is 663. The van der Waals surface area contributed by atoms with E-state index in [2.05, 4.69) is 31.1 Å². The largest absolute Gasteiger partial charge is 0.395 e. The van der Waals surface area contributed by atoms with E-state index in [1.807, 2.05) is 30.6 Å². The van der Waals surface area contributed by atoms with E-state index in [0.29, 0.717) is 6.54 Å². The normalized spacial score (nSPS) is 11.5. The third-order valence-corrected chi connectivity index (χ3v) is 4.01. The highest BCUT2D eigenvalue weighted by atomic mass is 32.1. The number of thiophene rings is 1. The molecule has 0 atom stereocenters. The van der Waals surface area contributed by atoms with Crippen molar-refractivity contribution >= 4 is 17.0 Å². The Morgan fingerprint density at radius 3 is 3.00 bits per heavy atom. The Hall–Kier alpha value is -1.69. The number of pyridine rings is 1. The number of hydrogen-bond donors (Lipinski definition) is 1. The van der Waals surface area contributed by atoms with E-state index in [0.717, 1.165) is 24.4 Å². The summed E-state index contributed by atoms with van der Waals surface area (Å²) in [7, 11) is 0. The average Bonchev–Trinajstić information content (AvgIpc) is 3.10. The van der Waals surface area contributed by atoms with Crippen molar-refractivity contribution in [3.05, 3.63) is 58.7 Å². The lowest BCUT2D eigenvalue weighted by molar-refractivity contribution is 0.182. The molecule has 3 aromatic rings. The molecule has 0 aliphatic rings. The van der Waals surface area contributed by atoms with Gasteiger partial charge < -0.3 is 9.51 Å². The van der Waals surface area contributed by atoms with Crippen LogP contribution in [0.25, 0.3) is 5.65 Å². The van der Waals surface area contributed by atoms with Crippen LogP contribution < -0.4 is 0 Å². The van der Waals surface area contributed by atoms with Crippen LogP contribution in [0.3, 0.4) is 0 Å². The molecule has 20 heavy (non-hydrogen) atoms. The van der Waals surface area contributed by atoms with Gasteiger partial charge in [-0.05, 0) is 34.5 Å². The third kappa shape index (κ3) is 2.90. The number of nitrogens with zero attached hydrogens (tertiary/aromatic N) is 3. The van der Waals surface area contributed by atoms with Gasteiger partial charge in [-0.2, -0.15) is 11.3 Å². The minimum Gasteiger partial charge on any atom is -0.395 e. The standard InChI is InChI=1S/C15H17N3OS/c19-7-6-17(10-13-4-8-20-12-13)11-14-9-16-15-3-1-2-5-18(14)15/h1-5,8-9,12,19H,6-7,10-11H2. The molecule has 0 aliphatic heterocycles. The molecule has 0 bridgehead atoms. The van der Waals surface area contributed by atoms with Gasteiger partial charge in [0, 0.05) is 25.8 Å². The van der Waals surface area contributed by atoms with Crippen LogP contribution in [0.2, 0.25) is 0 Å². The Kier molecular flexibility index (Phi) is 4.11. The summed E-state index contributed by atoms with van der Waals surface area (Å²) in [4.78, 5) is 6.64. The van der Waals surface area contributed by atoms with Gasteiger partial charge in [-0.3, -0.25) is 4.90 Å². The molecule has 1 N–H and O–H groups in total. The molecular weight excluding hydrogens is 270 g/mol. The van der Waals surface area contributed by atoms with Crippen molar-refractivity contribution in [1.29, 1.82) is 0 Å². The summed E-state index contributed by atoms with van der Waals surface area (Å²) in [6, 6.07) is 8.12. The van der Waals surface area contributed by atoms with Crippen molar-refractivity contribution in [3.63, 3.8) is 0 Å². The fraction of sp³-hybridized carbons (Fsp3) is 0.267. The number of fused-ring (bicyclic) bond motifs is 1. The van der Waals surface area contributed by atoms with Gasteiger partial charge in [0.1, 0.15) is 5.65 Å². The molecule has 0 unspecified atom stereocenters. The van der Waals surface area contributed by atoms with Gasteiger partial charge in [-0.15, -0.1) is 0 Å². The zero-order valence-electron chi connectivity index (χ0n) is 11.1. The Morgan fingerprint density at radius 2 is 2.20 bits per heavy atom. The Balaban J connectivity index is 1.78. The number of aliphatic hydroxyl groups excluding tert-OH is 1. The minimum absolute atomic E-state index is 0.168. The van der Waals surface area contributed by atoms with Crippen molar-refractivity contribution in [2.45, 2.75) is 13.1 Å². The first-order chi connectivity index (χ1) is 9.86. The van der Waals surface area contributed by atoms with Crippen LogP contribution in [0.1, 0.15) is 11.3 Å². The van der Waals surface area contributed by atoms with E-state index in [1.54, 1.807) is 11.3 Å². The molecule has 104 valence electrons. The zero-order chi connectivity index (χ0) is 13.8. The van der Waals surface area contributed by atoms with Crippen LogP contribution >= 0.6 is 11.3 Å². The maximum absolute atomic E-state index is 9.25. The smallest absolute Gasteiger partial charge is 0.136 e. The fourth-order valence-electron chi connectivity index (χ4n) is 2.33. The van der Waals surface area contributed by atoms with E-state index in [9.17, 15) is 5.11 Å². The molecule has 0 saturated heterocycles. The van der Waals surface area contributed by atoms with Crippen LogP contribution in [0.5, 0.6) is 0 Å². The van der Waals surface area contributed by atoms with Crippen molar-refractivity contribution < 1.29 is 5.11 Å². The third-order valence-electron chi connectivity index (χ3n) is 3.28. The van der Waals surface area contributed by atoms with E-state index < -0.39 is 0 Å². The van der Waals surface area contributed by atoms with Crippen molar-refractivity contribution in [2.24, 2.45) is 0 Å². The summed E-state index contributed by atoms with van der Waals surface area (Å²) >= 11 is 1.70. The molecule has 5 heteroatoms. The molecule has 4 nitrogen and oxygen atoms in total. The topological polar surface area (TPSA) is 40.8 Å². The molecule has 0 radical (unpaired) electrons. The molecule has 0 amide bonds. The monoisotopic (exact) mass is 287 g/mol. The maximum atomic E-state index is 9.25. The summed E-state index contributed by atoms with van der Waals surface area (Å²) in [5.74, 6) is 0. The van der Waals surface area contributed by atoms with E-state index in [-0.39, 0.29) is 6.61 Å². The maximum Gasteiger partial charge on any atom is 0.136 e. The average molecular weight is 287 g/mol. The Morgan fingerprint density at radius 1 is 1.25 bits per heavy atom. The highest BCUT2D eigenvalue weighted by molar-refractivity contribution is 7.07. The SMILES string of the molecule is OCCN(Cc1ccsc1)Cc1cnc2ccccn12. The van der Waals surface area contributed by atoms with Crippen LogP contribution in [0.4, 0.5) is 0 Å². The summed E-state index contributed by atoms with van der Waals surface area (Å²) in [5, 5.41) is 13.5. The molecule has 0 saturated carbocycles. The van der Waals surface area contributed by atoms with Crippen molar-refractivity contribution in [1.82, 2.24) is 14.3 Å². The molecular formula is C15H17N3OS. The van der Waals surface area contributed by atoms with Crippen LogP contribution in [-0.4, -0.2) is 32.5 Å². The number of rotatable bonds is 6. The lowest BCUT2D eigenvalue weighted by atomic mass is 10.3. The number of aliphatic hydroxyl groups is 1. The van der Waals surface area contributed by atoms with E-state index in [1.165, 1.54) is 5.56 Å². The van der Waals surface area contributed by atoms with Gasteiger partial charge in [0.25, 0.3) is 0 Å².